The minimum atomic E-state index is -3.47. The predicted octanol–water partition coefficient (Wildman–Crippen LogP) is -0.893. The number of sulfonamides is 1. The Balaban J connectivity index is 2.23. The highest BCUT2D eigenvalue weighted by atomic mass is 32.2. The number of rotatable bonds is 4. The maximum Gasteiger partial charge on any atom is 0.349 e. The van der Waals surface area contributed by atoms with Gasteiger partial charge in [-0.15, -0.1) is 11.8 Å². The molecule has 0 saturated heterocycles. The SMILES string of the molecule is Cc1nc(SCCS(N)(=O)=O)cc2n[nH]c(=O)n12. The van der Waals surface area contributed by atoms with Crippen LogP contribution in [-0.2, 0) is 10.0 Å². The summed E-state index contributed by atoms with van der Waals surface area (Å²) in [6, 6.07) is 1.61. The first-order valence-electron chi connectivity index (χ1n) is 4.95. The first-order chi connectivity index (χ1) is 8.37. The molecule has 0 aliphatic heterocycles. The van der Waals surface area contributed by atoms with Crippen LogP contribution in [0.5, 0.6) is 0 Å². The highest BCUT2D eigenvalue weighted by molar-refractivity contribution is 8.00. The van der Waals surface area contributed by atoms with E-state index in [2.05, 4.69) is 15.2 Å². The summed E-state index contributed by atoms with van der Waals surface area (Å²) in [7, 11) is -3.47. The van der Waals surface area contributed by atoms with E-state index < -0.39 is 10.0 Å². The van der Waals surface area contributed by atoms with Crippen LogP contribution in [-0.4, -0.2) is 39.5 Å². The van der Waals surface area contributed by atoms with Gasteiger partial charge in [-0.05, 0) is 6.92 Å². The van der Waals surface area contributed by atoms with Gasteiger partial charge in [-0.25, -0.2) is 32.8 Å². The molecule has 0 fully saturated rings. The van der Waals surface area contributed by atoms with Gasteiger partial charge in [-0.1, -0.05) is 0 Å². The normalized spacial score (nSPS) is 12.1. The fourth-order valence-corrected chi connectivity index (χ4v) is 3.26. The molecule has 0 spiro atoms. The first-order valence-corrected chi connectivity index (χ1v) is 7.65. The summed E-state index contributed by atoms with van der Waals surface area (Å²) in [5.74, 6) is 0.664. The van der Waals surface area contributed by atoms with E-state index in [1.54, 1.807) is 13.0 Å². The number of H-pyrrole nitrogens is 1. The van der Waals surface area contributed by atoms with E-state index in [9.17, 15) is 13.2 Å². The van der Waals surface area contributed by atoms with Gasteiger partial charge in [0, 0.05) is 11.8 Å². The zero-order valence-corrected chi connectivity index (χ0v) is 11.1. The number of nitrogens with zero attached hydrogens (tertiary/aromatic N) is 3. The van der Waals surface area contributed by atoms with E-state index in [1.807, 2.05) is 0 Å². The molecule has 0 unspecified atom stereocenters. The zero-order valence-electron chi connectivity index (χ0n) is 9.45. The lowest BCUT2D eigenvalue weighted by Crippen LogP contribution is -2.18. The topological polar surface area (TPSA) is 123 Å². The number of fused-ring (bicyclic) bond motifs is 1. The molecule has 0 atom stereocenters. The van der Waals surface area contributed by atoms with Gasteiger partial charge < -0.3 is 0 Å². The lowest BCUT2D eigenvalue weighted by molar-refractivity contribution is 0.599. The quantitative estimate of drug-likeness (QED) is 0.556. The van der Waals surface area contributed by atoms with Crippen molar-refractivity contribution in [3.63, 3.8) is 0 Å². The van der Waals surface area contributed by atoms with Gasteiger partial charge in [0.05, 0.1) is 5.75 Å². The van der Waals surface area contributed by atoms with Gasteiger partial charge in [-0.3, -0.25) is 0 Å². The van der Waals surface area contributed by atoms with Gasteiger partial charge >= 0.3 is 5.69 Å². The molecule has 98 valence electrons. The van der Waals surface area contributed by atoms with Crippen LogP contribution in [0.15, 0.2) is 15.9 Å². The van der Waals surface area contributed by atoms with Crippen LogP contribution < -0.4 is 10.8 Å². The minimum absolute atomic E-state index is 0.128. The van der Waals surface area contributed by atoms with Gasteiger partial charge in [0.1, 0.15) is 10.9 Å². The molecule has 0 radical (unpaired) electrons. The summed E-state index contributed by atoms with van der Waals surface area (Å²) in [5, 5.41) is 11.6. The van der Waals surface area contributed by atoms with Crippen LogP contribution in [0.2, 0.25) is 0 Å². The van der Waals surface area contributed by atoms with Gasteiger partial charge in [0.15, 0.2) is 5.65 Å². The largest absolute Gasteiger partial charge is 0.349 e. The van der Waals surface area contributed by atoms with Crippen molar-refractivity contribution in [2.75, 3.05) is 11.5 Å². The first kappa shape index (κ1) is 13.1. The van der Waals surface area contributed by atoms with Crippen LogP contribution in [0, 0.1) is 6.92 Å². The third-order valence-corrected chi connectivity index (χ3v) is 4.11. The van der Waals surface area contributed by atoms with Crippen LogP contribution in [0.1, 0.15) is 5.82 Å². The molecule has 0 bridgehead atoms. The Morgan fingerprint density at radius 2 is 2.28 bits per heavy atom. The maximum absolute atomic E-state index is 11.4. The fourth-order valence-electron chi connectivity index (χ4n) is 1.41. The number of aromatic nitrogens is 4. The van der Waals surface area contributed by atoms with Crippen molar-refractivity contribution < 1.29 is 8.42 Å². The molecule has 0 aliphatic rings. The van der Waals surface area contributed by atoms with Crippen molar-refractivity contribution >= 4 is 27.4 Å². The standard InChI is InChI=1S/C8H11N5O3S2/c1-5-10-7(17-2-3-18(9,15)16)4-6-11-12-8(14)13(5)6/h4H,2-3H2,1H3,(H,12,14)(H2,9,15,16). The van der Waals surface area contributed by atoms with Gasteiger partial charge in [0.25, 0.3) is 0 Å². The Kier molecular flexibility index (Phi) is 3.41. The fraction of sp³-hybridized carbons (Fsp3) is 0.375. The second-order valence-corrected chi connectivity index (χ2v) is 6.43. The summed E-state index contributed by atoms with van der Waals surface area (Å²) in [4.78, 5) is 15.5. The zero-order chi connectivity index (χ0) is 13.3. The Morgan fingerprint density at radius 1 is 1.56 bits per heavy atom. The predicted molar refractivity (Wildman–Crippen MR) is 67.0 cm³/mol. The number of primary sulfonamides is 1. The summed E-state index contributed by atoms with van der Waals surface area (Å²) in [5.41, 5.74) is 0.0988. The van der Waals surface area contributed by atoms with E-state index in [0.29, 0.717) is 22.3 Å². The average molecular weight is 289 g/mol. The van der Waals surface area contributed by atoms with Crippen LogP contribution in [0.25, 0.3) is 5.65 Å². The van der Waals surface area contributed by atoms with Crippen molar-refractivity contribution in [3.8, 4) is 0 Å². The molecule has 8 nitrogen and oxygen atoms in total. The molecule has 0 amide bonds. The number of nitrogens with two attached hydrogens (primary N) is 1. The second kappa shape index (κ2) is 4.71. The number of hydrogen-bond donors (Lipinski definition) is 2. The van der Waals surface area contributed by atoms with Crippen LogP contribution in [0.3, 0.4) is 0 Å². The molecule has 2 aromatic rings. The molecule has 2 aromatic heterocycles. The van der Waals surface area contributed by atoms with Crippen molar-refractivity contribution in [1.82, 2.24) is 19.6 Å². The van der Waals surface area contributed by atoms with Crippen LogP contribution >= 0.6 is 11.8 Å². The number of aryl methyl sites for hydroxylation is 1. The Labute approximate surface area is 107 Å². The number of nitrogens with one attached hydrogen (secondary N) is 1. The molecule has 2 rings (SSSR count). The molecule has 18 heavy (non-hydrogen) atoms. The maximum atomic E-state index is 11.4. The molecule has 0 aromatic carbocycles. The van der Waals surface area contributed by atoms with E-state index in [-0.39, 0.29) is 11.4 Å². The van der Waals surface area contributed by atoms with E-state index in [4.69, 9.17) is 5.14 Å². The van der Waals surface area contributed by atoms with E-state index >= 15 is 0 Å². The van der Waals surface area contributed by atoms with Gasteiger partial charge in [-0.2, -0.15) is 5.10 Å². The molecule has 0 saturated carbocycles. The number of thioether (sulfide) groups is 1. The van der Waals surface area contributed by atoms with Crippen molar-refractivity contribution in [2.24, 2.45) is 5.14 Å². The lowest BCUT2D eigenvalue weighted by atomic mass is 10.5. The third-order valence-electron chi connectivity index (χ3n) is 2.16. The molecule has 3 N–H and O–H groups in total. The molecule has 0 aliphatic carbocycles. The van der Waals surface area contributed by atoms with Crippen molar-refractivity contribution in [1.29, 1.82) is 0 Å². The molecular formula is C8H11N5O3S2. The van der Waals surface area contributed by atoms with E-state index in [1.165, 1.54) is 16.2 Å². The monoisotopic (exact) mass is 289 g/mol. The van der Waals surface area contributed by atoms with Crippen LogP contribution in [0.4, 0.5) is 0 Å². The second-order valence-electron chi connectivity index (χ2n) is 3.58. The Hall–Kier alpha value is -1.39. The van der Waals surface area contributed by atoms with Gasteiger partial charge in [0.2, 0.25) is 10.0 Å². The highest BCUT2D eigenvalue weighted by Gasteiger charge is 2.08. The van der Waals surface area contributed by atoms with Crippen molar-refractivity contribution in [2.45, 2.75) is 11.9 Å². The molecule has 2 heterocycles. The minimum Gasteiger partial charge on any atom is -0.246 e. The highest BCUT2D eigenvalue weighted by Crippen LogP contribution is 2.16. The summed E-state index contributed by atoms with van der Waals surface area (Å²) in [6.07, 6.45) is 0. The Bertz CT molecular complexity index is 733. The average Bonchev–Trinajstić information content (AvgIpc) is 2.58. The number of aromatic amines is 1. The summed E-state index contributed by atoms with van der Waals surface area (Å²) < 4.78 is 22.9. The lowest BCUT2D eigenvalue weighted by Gasteiger charge is -2.02. The summed E-state index contributed by atoms with van der Waals surface area (Å²) in [6.45, 7) is 1.67. The summed E-state index contributed by atoms with van der Waals surface area (Å²) >= 11 is 1.25. The van der Waals surface area contributed by atoms with E-state index in [0.717, 1.165) is 0 Å². The molecule has 10 heteroatoms. The van der Waals surface area contributed by atoms with Crippen molar-refractivity contribution in [3.05, 3.63) is 22.4 Å². The smallest absolute Gasteiger partial charge is 0.246 e. The molecular weight excluding hydrogens is 278 g/mol. The number of hydrogen-bond acceptors (Lipinski definition) is 6. The Morgan fingerprint density at radius 3 is 2.94 bits per heavy atom. The third kappa shape index (κ3) is 2.89.